The van der Waals surface area contributed by atoms with Crippen molar-refractivity contribution in [2.24, 2.45) is 0 Å². The first-order valence-corrected chi connectivity index (χ1v) is 6.34. The molecule has 114 valence electrons. The van der Waals surface area contributed by atoms with E-state index in [4.69, 9.17) is 9.47 Å². The Balaban J connectivity index is 2.07. The van der Waals surface area contributed by atoms with Gasteiger partial charge in [-0.1, -0.05) is 0 Å². The zero-order chi connectivity index (χ0) is 15.6. The van der Waals surface area contributed by atoms with Crippen LogP contribution in [-0.2, 0) is 9.53 Å². The highest BCUT2D eigenvalue weighted by molar-refractivity contribution is 5.98. The smallest absolute Gasteiger partial charge is 0.408 e. The minimum Gasteiger partial charge on any atom is -0.488 e. The van der Waals surface area contributed by atoms with E-state index in [0.29, 0.717) is 0 Å². The molecule has 0 saturated carbocycles. The van der Waals surface area contributed by atoms with Crippen LogP contribution in [0.4, 0.5) is 14.9 Å². The van der Waals surface area contributed by atoms with Gasteiger partial charge < -0.3 is 20.1 Å². The molecule has 21 heavy (non-hydrogen) atoms. The predicted octanol–water partition coefficient (Wildman–Crippen LogP) is 1.44. The number of ether oxygens (including phenoxy) is 2. The molecule has 2 N–H and O–H groups in total. The molecule has 2 rings (SSSR count). The van der Waals surface area contributed by atoms with Crippen LogP contribution >= 0.6 is 0 Å². The first-order chi connectivity index (χ1) is 9.76. The maximum atomic E-state index is 13.5. The molecule has 0 saturated heterocycles. The zero-order valence-electron chi connectivity index (χ0n) is 11.9. The Labute approximate surface area is 120 Å². The van der Waals surface area contributed by atoms with Crippen molar-refractivity contribution in [3.63, 3.8) is 0 Å². The number of alkyl carbamates (subject to hydrolysis) is 1. The number of anilines is 1. The van der Waals surface area contributed by atoms with Crippen LogP contribution in [0.25, 0.3) is 0 Å². The molecule has 2 heterocycles. The van der Waals surface area contributed by atoms with Gasteiger partial charge >= 0.3 is 6.09 Å². The summed E-state index contributed by atoms with van der Waals surface area (Å²) < 4.78 is 23.9. The number of rotatable bonds is 1. The van der Waals surface area contributed by atoms with Crippen LogP contribution in [0.5, 0.6) is 5.75 Å². The monoisotopic (exact) mass is 297 g/mol. The largest absolute Gasteiger partial charge is 0.488 e. The van der Waals surface area contributed by atoms with E-state index in [2.05, 4.69) is 15.6 Å². The van der Waals surface area contributed by atoms with Gasteiger partial charge in [-0.3, -0.25) is 4.79 Å². The lowest BCUT2D eigenvalue weighted by atomic mass is 10.2. The Kier molecular flexibility index (Phi) is 3.97. The summed E-state index contributed by atoms with van der Waals surface area (Å²) in [5.41, 5.74) is -0.832. The van der Waals surface area contributed by atoms with Crippen LogP contribution in [0, 0.1) is 5.95 Å². The summed E-state index contributed by atoms with van der Waals surface area (Å²) >= 11 is 0. The molecule has 8 heteroatoms. The first kappa shape index (κ1) is 15.0. The highest BCUT2D eigenvalue weighted by atomic mass is 19.1. The number of hydrogen-bond donors (Lipinski definition) is 2. The van der Waals surface area contributed by atoms with E-state index in [1.54, 1.807) is 20.8 Å². The Hall–Kier alpha value is -2.38. The molecule has 2 amide bonds. The fourth-order valence-corrected chi connectivity index (χ4v) is 1.67. The van der Waals surface area contributed by atoms with E-state index in [-0.39, 0.29) is 18.0 Å². The van der Waals surface area contributed by atoms with Crippen molar-refractivity contribution < 1.29 is 23.5 Å². The molecule has 1 aliphatic rings. The van der Waals surface area contributed by atoms with Gasteiger partial charge in [0.15, 0.2) is 0 Å². The standard InChI is InChI=1S/C13H16FN3O4/c1-13(2,3)21-12(19)16-7-6-20-8-4-5-15-10(14)9(8)17-11(7)18/h4-5,7H,6H2,1-3H3,(H,16,19)(H,17,18)/t7-/m0/s1. The molecule has 0 radical (unpaired) electrons. The van der Waals surface area contributed by atoms with Gasteiger partial charge in [-0.25, -0.2) is 9.78 Å². The lowest BCUT2D eigenvalue weighted by molar-refractivity contribution is -0.118. The third kappa shape index (κ3) is 3.80. The minimum absolute atomic E-state index is 0.137. The lowest BCUT2D eigenvalue weighted by Gasteiger charge is -2.22. The van der Waals surface area contributed by atoms with E-state index in [9.17, 15) is 14.0 Å². The number of hydrogen-bond acceptors (Lipinski definition) is 5. The SMILES string of the molecule is CC(C)(C)OC(=O)N[C@H]1COc2ccnc(F)c2NC1=O. The van der Waals surface area contributed by atoms with Crippen LogP contribution < -0.4 is 15.4 Å². The Morgan fingerprint density at radius 2 is 2.29 bits per heavy atom. The first-order valence-electron chi connectivity index (χ1n) is 6.34. The third-order valence-electron chi connectivity index (χ3n) is 2.53. The molecule has 0 fully saturated rings. The lowest BCUT2D eigenvalue weighted by Crippen LogP contribution is -2.48. The average molecular weight is 297 g/mol. The van der Waals surface area contributed by atoms with Gasteiger partial charge in [-0.05, 0) is 20.8 Å². The summed E-state index contributed by atoms with van der Waals surface area (Å²) in [4.78, 5) is 27.1. The number of halogens is 1. The average Bonchev–Trinajstić information content (AvgIpc) is 2.49. The van der Waals surface area contributed by atoms with Crippen LogP contribution in [0.3, 0.4) is 0 Å². The number of pyridine rings is 1. The topological polar surface area (TPSA) is 89.6 Å². The summed E-state index contributed by atoms with van der Waals surface area (Å²) in [6.45, 7) is 4.97. The normalized spacial score (nSPS) is 17.9. The summed E-state index contributed by atoms with van der Waals surface area (Å²) in [5, 5.41) is 4.72. The van der Waals surface area contributed by atoms with Gasteiger partial charge in [-0.15, -0.1) is 0 Å². The number of nitrogens with zero attached hydrogens (tertiary/aromatic N) is 1. The van der Waals surface area contributed by atoms with Crippen LogP contribution in [0.1, 0.15) is 20.8 Å². The quantitative estimate of drug-likeness (QED) is 0.766. The Morgan fingerprint density at radius 1 is 1.57 bits per heavy atom. The third-order valence-corrected chi connectivity index (χ3v) is 2.53. The van der Waals surface area contributed by atoms with E-state index < -0.39 is 29.6 Å². The summed E-state index contributed by atoms with van der Waals surface area (Å²) in [5.74, 6) is -1.30. The van der Waals surface area contributed by atoms with Gasteiger partial charge in [-0.2, -0.15) is 4.39 Å². The maximum Gasteiger partial charge on any atom is 0.408 e. The van der Waals surface area contributed by atoms with Gasteiger partial charge in [0, 0.05) is 12.3 Å². The molecule has 0 aromatic carbocycles. The van der Waals surface area contributed by atoms with Crippen LogP contribution in [0.2, 0.25) is 0 Å². The number of aromatic nitrogens is 1. The minimum atomic E-state index is -0.994. The van der Waals surface area contributed by atoms with Crippen molar-refractivity contribution in [1.29, 1.82) is 0 Å². The fourth-order valence-electron chi connectivity index (χ4n) is 1.67. The molecule has 0 spiro atoms. The number of fused-ring (bicyclic) bond motifs is 1. The summed E-state index contributed by atoms with van der Waals surface area (Å²) in [7, 11) is 0. The molecule has 1 aliphatic heterocycles. The molecule has 0 bridgehead atoms. The number of carbonyl (C=O) groups is 2. The van der Waals surface area contributed by atoms with Crippen LogP contribution in [-0.4, -0.2) is 35.2 Å². The molecule has 7 nitrogen and oxygen atoms in total. The van der Waals surface area contributed by atoms with E-state index >= 15 is 0 Å². The molecular formula is C13H16FN3O4. The van der Waals surface area contributed by atoms with Gasteiger partial charge in [0.2, 0.25) is 5.95 Å². The molecule has 1 aromatic rings. The second-order valence-corrected chi connectivity index (χ2v) is 5.47. The Bertz CT molecular complexity index is 571. The fraction of sp³-hybridized carbons (Fsp3) is 0.462. The number of nitrogens with one attached hydrogen (secondary N) is 2. The molecule has 0 aliphatic carbocycles. The predicted molar refractivity (Wildman–Crippen MR) is 71.5 cm³/mol. The number of carbonyl (C=O) groups excluding carboxylic acids is 2. The van der Waals surface area contributed by atoms with Crippen molar-refractivity contribution in [2.45, 2.75) is 32.4 Å². The van der Waals surface area contributed by atoms with E-state index in [1.165, 1.54) is 12.3 Å². The molecule has 0 unspecified atom stereocenters. The van der Waals surface area contributed by atoms with Crippen molar-refractivity contribution in [1.82, 2.24) is 10.3 Å². The van der Waals surface area contributed by atoms with Gasteiger partial charge in [0.25, 0.3) is 5.91 Å². The zero-order valence-corrected chi connectivity index (χ0v) is 11.9. The van der Waals surface area contributed by atoms with Crippen molar-refractivity contribution in [3.8, 4) is 5.75 Å². The van der Waals surface area contributed by atoms with Crippen molar-refractivity contribution in [2.75, 3.05) is 11.9 Å². The van der Waals surface area contributed by atoms with Gasteiger partial charge in [0.05, 0.1) is 0 Å². The summed E-state index contributed by atoms with van der Waals surface area (Å²) in [6, 6.07) is 0.431. The highest BCUT2D eigenvalue weighted by Crippen LogP contribution is 2.28. The Morgan fingerprint density at radius 3 is 2.95 bits per heavy atom. The van der Waals surface area contributed by atoms with Crippen molar-refractivity contribution >= 4 is 17.7 Å². The molecule has 1 aromatic heterocycles. The second kappa shape index (κ2) is 5.55. The second-order valence-electron chi connectivity index (χ2n) is 5.47. The van der Waals surface area contributed by atoms with Crippen molar-refractivity contribution in [3.05, 3.63) is 18.2 Å². The van der Waals surface area contributed by atoms with Crippen LogP contribution in [0.15, 0.2) is 12.3 Å². The maximum absolute atomic E-state index is 13.5. The van der Waals surface area contributed by atoms with E-state index in [1.807, 2.05) is 0 Å². The van der Waals surface area contributed by atoms with E-state index in [0.717, 1.165) is 0 Å². The van der Waals surface area contributed by atoms with Gasteiger partial charge in [0.1, 0.15) is 29.7 Å². The summed E-state index contributed by atoms with van der Waals surface area (Å²) in [6.07, 6.45) is 0.470. The highest BCUT2D eigenvalue weighted by Gasteiger charge is 2.29. The number of amides is 2. The molecular weight excluding hydrogens is 281 g/mol. The molecule has 1 atom stereocenters.